The molecule has 0 aromatic carbocycles. The van der Waals surface area contributed by atoms with Gasteiger partial charge in [0.2, 0.25) is 17.4 Å². The average molecular weight is 604 g/mol. The Kier molecular flexibility index (Phi) is 5.73. The van der Waals surface area contributed by atoms with Crippen molar-refractivity contribution in [3.63, 3.8) is 0 Å². The Morgan fingerprint density at radius 2 is 1.98 bits per heavy atom. The van der Waals surface area contributed by atoms with E-state index in [0.717, 1.165) is 0 Å². The van der Waals surface area contributed by atoms with Crippen LogP contribution in [0.25, 0.3) is 0 Å². The normalized spacial score (nSPS) is 39.4. The molecule has 42 heavy (non-hydrogen) atoms. The molecule has 1 aromatic rings. The van der Waals surface area contributed by atoms with E-state index in [0.29, 0.717) is 23.7 Å². The van der Waals surface area contributed by atoms with Gasteiger partial charge in [0.05, 0.1) is 18.7 Å². The summed E-state index contributed by atoms with van der Waals surface area (Å²) in [6.45, 7) is 7.61. The van der Waals surface area contributed by atoms with Crippen LogP contribution >= 0.6 is 11.6 Å². The molecule has 6 aliphatic rings. The van der Waals surface area contributed by atoms with Crippen molar-refractivity contribution in [2.75, 3.05) is 25.5 Å². The maximum atomic E-state index is 15.5. The number of carbonyl (C=O) groups is 4. The van der Waals surface area contributed by atoms with Gasteiger partial charge >= 0.3 is 6.09 Å². The number of alkyl halides is 1. The van der Waals surface area contributed by atoms with Crippen molar-refractivity contribution in [3.05, 3.63) is 17.3 Å². The average Bonchev–Trinajstić information content (AvgIpc) is 3.31. The molecule has 0 bridgehead atoms. The summed E-state index contributed by atoms with van der Waals surface area (Å²) in [6, 6.07) is -0.700. The fourth-order valence-electron chi connectivity index (χ4n) is 8.83. The van der Waals surface area contributed by atoms with E-state index in [9.17, 15) is 19.2 Å². The third kappa shape index (κ3) is 3.65. The van der Waals surface area contributed by atoms with Gasteiger partial charge < -0.3 is 29.9 Å². The van der Waals surface area contributed by atoms with Crippen molar-refractivity contribution in [1.29, 1.82) is 0 Å². The highest BCUT2D eigenvalue weighted by Crippen LogP contribution is 2.82. The summed E-state index contributed by atoms with van der Waals surface area (Å²) in [6.07, 6.45) is 1.36. The molecule has 2 N–H and O–H groups in total. The molecular weight excluding hydrogens is 569 g/mol. The predicted octanol–water partition coefficient (Wildman–Crippen LogP) is 2.63. The van der Waals surface area contributed by atoms with Gasteiger partial charge in [0, 0.05) is 43.1 Å². The van der Waals surface area contributed by atoms with Crippen LogP contribution in [-0.4, -0.2) is 88.2 Å². The van der Waals surface area contributed by atoms with Crippen LogP contribution in [0.1, 0.15) is 40.5 Å². The molecule has 1 spiro atoms. The molecule has 10 atom stereocenters. The van der Waals surface area contributed by atoms with Gasteiger partial charge in [-0.05, 0) is 36.5 Å². The molecule has 13 heteroatoms. The number of aromatic nitrogens is 1. The van der Waals surface area contributed by atoms with E-state index in [1.807, 2.05) is 27.7 Å². The lowest BCUT2D eigenvalue weighted by molar-refractivity contribution is -0.148. The van der Waals surface area contributed by atoms with Crippen LogP contribution in [0.2, 0.25) is 5.02 Å². The van der Waals surface area contributed by atoms with E-state index in [4.69, 9.17) is 21.1 Å². The lowest BCUT2D eigenvalue weighted by Crippen LogP contribution is -2.60. The second-order valence-corrected chi connectivity index (χ2v) is 14.5. The summed E-state index contributed by atoms with van der Waals surface area (Å²) in [5.74, 6) is -1.03. The Hall–Kier alpha value is -3.15. The monoisotopic (exact) mass is 603 g/mol. The minimum atomic E-state index is -1.36. The number of anilines is 1. The zero-order valence-electron chi connectivity index (χ0n) is 24.1. The van der Waals surface area contributed by atoms with E-state index < -0.39 is 52.7 Å². The number of likely N-dealkylation sites (tertiary alicyclic amines) is 2. The zero-order chi connectivity index (χ0) is 30.1. The highest BCUT2D eigenvalue weighted by atomic mass is 35.5. The fourth-order valence-corrected chi connectivity index (χ4v) is 8.97. The number of halogens is 2. The number of pyridine rings is 1. The SMILES string of the molecule is COC(=O)N[C@H](C(=O)N1C[C@H]2[C@@H]([C@H]1C(=O)N1C[C@@]3(C[C@H]1C)Oc1cc(Cl)cnc1NC3=O)[C@@H]1C3[C@H]2C[C@@]31F)C(C)(C)C. The Morgan fingerprint density at radius 1 is 1.24 bits per heavy atom. The summed E-state index contributed by atoms with van der Waals surface area (Å²) in [5, 5.41) is 5.79. The number of methoxy groups -OCH3 is 1. The number of hydrogen-bond donors (Lipinski definition) is 2. The number of rotatable bonds is 3. The van der Waals surface area contributed by atoms with Crippen LogP contribution in [0.15, 0.2) is 12.3 Å². The van der Waals surface area contributed by atoms with Crippen molar-refractivity contribution in [2.45, 2.75) is 69.9 Å². The van der Waals surface area contributed by atoms with E-state index in [2.05, 4.69) is 15.6 Å². The topological polar surface area (TPSA) is 130 Å². The van der Waals surface area contributed by atoms with Gasteiger partial charge in [-0.2, -0.15) is 0 Å². The van der Waals surface area contributed by atoms with Gasteiger partial charge in [0.1, 0.15) is 17.8 Å². The Bertz CT molecular complexity index is 1420. The summed E-state index contributed by atoms with van der Waals surface area (Å²) in [5.41, 5.74) is -3.30. The maximum Gasteiger partial charge on any atom is 0.407 e. The molecule has 3 saturated carbocycles. The molecule has 11 nitrogen and oxygen atoms in total. The number of carbonyl (C=O) groups excluding carboxylic acids is 4. The van der Waals surface area contributed by atoms with Crippen molar-refractivity contribution < 1.29 is 33.0 Å². The third-order valence-electron chi connectivity index (χ3n) is 10.7. The van der Waals surface area contributed by atoms with E-state index in [1.54, 1.807) is 15.9 Å². The minimum absolute atomic E-state index is 0.00969. The molecule has 0 radical (unpaired) electrons. The number of fused-ring (bicyclic) bond motifs is 5. The van der Waals surface area contributed by atoms with Crippen LogP contribution in [0.5, 0.6) is 5.75 Å². The standard InChI is InChI=1S/C29H35ClFN5O6/c1-12-7-28(25(39)34-22-16(42-28)6-13(30)9-32-22)11-36(12)23(37)20-17-15(14-8-29(31)18(14)19(17)29)10-35(20)24(38)21(27(2,3)4)33-26(40)41-5/h6,9,12,14-15,17-21H,7-8,10-11H2,1-5H3,(H,33,40)(H,32,34,39)/t12-,14+,15-,17-,18?,19-,20+,21-,28-,29-/m1/s1. The number of ether oxygens (including phenoxy) is 2. The fraction of sp³-hybridized carbons (Fsp3) is 0.690. The number of hydrogen-bond acceptors (Lipinski definition) is 7. The van der Waals surface area contributed by atoms with Crippen LogP contribution < -0.4 is 15.4 Å². The molecule has 2 saturated heterocycles. The van der Waals surface area contributed by atoms with Crippen molar-refractivity contribution in [1.82, 2.24) is 20.1 Å². The van der Waals surface area contributed by atoms with Gasteiger partial charge in [0.25, 0.3) is 5.91 Å². The van der Waals surface area contributed by atoms with Gasteiger partial charge in [-0.3, -0.25) is 14.4 Å². The summed E-state index contributed by atoms with van der Waals surface area (Å²) in [4.78, 5) is 61.6. The number of nitrogens with one attached hydrogen (secondary N) is 2. The lowest BCUT2D eigenvalue weighted by Gasteiger charge is -2.38. The number of amides is 4. The Labute approximate surface area is 247 Å². The number of nitrogens with zero attached hydrogens (tertiary/aromatic N) is 3. The lowest BCUT2D eigenvalue weighted by atomic mass is 9.69. The first-order chi connectivity index (χ1) is 19.7. The third-order valence-corrected chi connectivity index (χ3v) is 10.9. The highest BCUT2D eigenvalue weighted by molar-refractivity contribution is 6.30. The summed E-state index contributed by atoms with van der Waals surface area (Å²) < 4.78 is 26.5. The molecule has 5 fully saturated rings. The summed E-state index contributed by atoms with van der Waals surface area (Å²) >= 11 is 6.12. The Balaban J connectivity index is 1.20. The molecule has 4 heterocycles. The smallest absolute Gasteiger partial charge is 0.407 e. The van der Waals surface area contributed by atoms with Crippen LogP contribution in [0, 0.1) is 35.0 Å². The molecule has 1 aromatic heterocycles. The minimum Gasteiger partial charge on any atom is -0.471 e. The van der Waals surface area contributed by atoms with Crippen molar-refractivity contribution in [3.8, 4) is 5.75 Å². The molecule has 226 valence electrons. The quantitative estimate of drug-likeness (QED) is 0.543. The summed E-state index contributed by atoms with van der Waals surface area (Å²) in [7, 11) is 1.23. The molecule has 1 unspecified atom stereocenters. The van der Waals surface area contributed by atoms with Gasteiger partial charge in [-0.1, -0.05) is 32.4 Å². The zero-order valence-corrected chi connectivity index (χ0v) is 24.9. The molecule has 4 amide bonds. The maximum absolute atomic E-state index is 15.5. The van der Waals surface area contributed by atoms with E-state index >= 15 is 4.39 Å². The first kappa shape index (κ1) is 27.7. The molecule has 3 aliphatic carbocycles. The van der Waals surface area contributed by atoms with Crippen LogP contribution in [0.3, 0.4) is 0 Å². The molecular formula is C29H35ClFN5O6. The van der Waals surface area contributed by atoms with Crippen LogP contribution in [-0.2, 0) is 19.1 Å². The van der Waals surface area contributed by atoms with Gasteiger partial charge in [0.15, 0.2) is 11.6 Å². The van der Waals surface area contributed by atoms with Crippen molar-refractivity contribution in [2.24, 2.45) is 35.0 Å². The largest absolute Gasteiger partial charge is 0.471 e. The van der Waals surface area contributed by atoms with Gasteiger partial charge in [-0.25, -0.2) is 14.2 Å². The van der Waals surface area contributed by atoms with Crippen LogP contribution in [0.4, 0.5) is 15.0 Å². The van der Waals surface area contributed by atoms with Crippen molar-refractivity contribution >= 4 is 41.2 Å². The van der Waals surface area contributed by atoms with E-state index in [-0.39, 0.29) is 54.3 Å². The second kappa shape index (κ2) is 8.70. The highest BCUT2D eigenvalue weighted by Gasteiger charge is 2.87. The molecule has 7 rings (SSSR count). The van der Waals surface area contributed by atoms with E-state index in [1.165, 1.54) is 13.3 Å². The van der Waals surface area contributed by atoms with Gasteiger partial charge in [-0.15, -0.1) is 0 Å². The Morgan fingerprint density at radius 3 is 2.67 bits per heavy atom. The number of alkyl carbamates (subject to hydrolysis) is 1. The second-order valence-electron chi connectivity index (χ2n) is 14.0. The molecule has 3 aliphatic heterocycles. The first-order valence-electron chi connectivity index (χ1n) is 14.5. The first-order valence-corrected chi connectivity index (χ1v) is 14.9. The predicted molar refractivity (Wildman–Crippen MR) is 147 cm³/mol.